The molecule has 34 heavy (non-hydrogen) atoms. The maximum atomic E-state index is 13.7. The molecule has 0 bridgehead atoms. The molecule has 1 aliphatic heterocycles. The van der Waals surface area contributed by atoms with E-state index >= 15 is 0 Å². The van der Waals surface area contributed by atoms with Crippen LogP contribution in [0, 0.1) is 0 Å². The highest BCUT2D eigenvalue weighted by Crippen LogP contribution is 2.37. The van der Waals surface area contributed by atoms with E-state index in [1.54, 1.807) is 77.7 Å². The van der Waals surface area contributed by atoms with Gasteiger partial charge in [-0.05, 0) is 56.7 Å². The number of esters is 1. The number of carbonyl (C=O) groups excluding carboxylic acids is 1. The van der Waals surface area contributed by atoms with Gasteiger partial charge < -0.3 is 14.2 Å². The lowest BCUT2D eigenvalue weighted by Gasteiger charge is -2.26. The van der Waals surface area contributed by atoms with Crippen LogP contribution in [0.2, 0.25) is 0 Å². The molecule has 8 nitrogen and oxygen atoms in total. The van der Waals surface area contributed by atoms with Crippen molar-refractivity contribution in [3.05, 3.63) is 84.8 Å². The lowest BCUT2D eigenvalue weighted by Crippen LogP contribution is -2.40. The number of pyridine rings is 1. The summed E-state index contributed by atoms with van der Waals surface area (Å²) in [7, 11) is 3.10. The fourth-order valence-electron chi connectivity index (χ4n) is 3.82. The van der Waals surface area contributed by atoms with Crippen LogP contribution in [0.1, 0.15) is 37.9 Å². The Morgan fingerprint density at radius 2 is 2.00 bits per heavy atom. The summed E-state index contributed by atoms with van der Waals surface area (Å²) in [6.07, 6.45) is 4.78. The van der Waals surface area contributed by atoms with E-state index in [-0.39, 0.29) is 17.2 Å². The SMILES string of the molecule is COc1ccc(OC)c(C2C(C(=O)OC(C)C)=C(C)N=c3sc(=Cc4cccnc4)c(=O)n32)c1. The first kappa shape index (κ1) is 23.4. The summed E-state index contributed by atoms with van der Waals surface area (Å²) in [5.74, 6) is 0.546. The smallest absolute Gasteiger partial charge is 0.338 e. The Labute approximate surface area is 200 Å². The molecule has 0 radical (unpaired) electrons. The molecule has 0 spiro atoms. The number of methoxy groups -OCH3 is 2. The van der Waals surface area contributed by atoms with Crippen molar-refractivity contribution in [2.75, 3.05) is 14.2 Å². The molecule has 3 aromatic rings. The summed E-state index contributed by atoms with van der Waals surface area (Å²) >= 11 is 1.25. The molecule has 0 N–H and O–H groups in total. The van der Waals surface area contributed by atoms with Crippen molar-refractivity contribution in [1.82, 2.24) is 9.55 Å². The number of benzene rings is 1. The van der Waals surface area contributed by atoms with Crippen molar-refractivity contribution >= 4 is 23.4 Å². The third-order valence-electron chi connectivity index (χ3n) is 5.30. The van der Waals surface area contributed by atoms with Crippen LogP contribution in [0.5, 0.6) is 11.5 Å². The molecule has 1 aromatic carbocycles. The normalized spacial score (nSPS) is 15.7. The van der Waals surface area contributed by atoms with Gasteiger partial charge >= 0.3 is 5.97 Å². The molecule has 1 atom stereocenters. The molecule has 1 unspecified atom stereocenters. The van der Waals surface area contributed by atoms with Gasteiger partial charge in [-0.1, -0.05) is 17.4 Å². The van der Waals surface area contributed by atoms with Gasteiger partial charge in [0.05, 0.1) is 36.1 Å². The van der Waals surface area contributed by atoms with Crippen LogP contribution >= 0.6 is 11.3 Å². The molecular weight excluding hydrogens is 454 g/mol. The predicted molar refractivity (Wildman–Crippen MR) is 129 cm³/mol. The van der Waals surface area contributed by atoms with Gasteiger partial charge in [0.15, 0.2) is 4.80 Å². The van der Waals surface area contributed by atoms with Gasteiger partial charge in [-0.15, -0.1) is 0 Å². The summed E-state index contributed by atoms with van der Waals surface area (Å²) in [6.45, 7) is 5.30. The average Bonchev–Trinajstić information content (AvgIpc) is 3.12. The van der Waals surface area contributed by atoms with Gasteiger partial charge in [0.1, 0.15) is 17.5 Å². The Morgan fingerprint density at radius 1 is 1.21 bits per heavy atom. The van der Waals surface area contributed by atoms with Crippen LogP contribution in [-0.4, -0.2) is 35.8 Å². The summed E-state index contributed by atoms with van der Waals surface area (Å²) in [5.41, 5.74) is 1.87. The van der Waals surface area contributed by atoms with Crippen molar-refractivity contribution in [2.45, 2.75) is 32.9 Å². The predicted octanol–water partition coefficient (Wildman–Crippen LogP) is 2.60. The first-order chi connectivity index (χ1) is 16.3. The largest absolute Gasteiger partial charge is 0.497 e. The summed E-state index contributed by atoms with van der Waals surface area (Å²) in [6, 6.07) is 8.14. The summed E-state index contributed by atoms with van der Waals surface area (Å²) in [5, 5.41) is 0. The van der Waals surface area contributed by atoms with Crippen LogP contribution in [0.3, 0.4) is 0 Å². The third-order valence-corrected chi connectivity index (χ3v) is 6.28. The van der Waals surface area contributed by atoms with E-state index in [1.807, 2.05) is 6.07 Å². The van der Waals surface area contributed by atoms with E-state index in [0.717, 1.165) is 5.56 Å². The first-order valence-electron chi connectivity index (χ1n) is 10.7. The van der Waals surface area contributed by atoms with E-state index in [2.05, 4.69) is 9.98 Å². The highest BCUT2D eigenvalue weighted by molar-refractivity contribution is 7.07. The maximum absolute atomic E-state index is 13.7. The first-order valence-corrected chi connectivity index (χ1v) is 11.5. The van der Waals surface area contributed by atoms with Crippen molar-refractivity contribution in [2.24, 2.45) is 4.99 Å². The van der Waals surface area contributed by atoms with Gasteiger partial charge in [-0.25, -0.2) is 9.79 Å². The van der Waals surface area contributed by atoms with Crippen molar-refractivity contribution in [3.8, 4) is 11.5 Å². The number of fused-ring (bicyclic) bond motifs is 1. The second-order valence-corrected chi connectivity index (χ2v) is 8.94. The van der Waals surface area contributed by atoms with Gasteiger partial charge in [0.25, 0.3) is 5.56 Å². The Hall–Kier alpha value is -3.72. The highest BCUT2D eigenvalue weighted by Gasteiger charge is 2.35. The topological polar surface area (TPSA) is 92.0 Å². The minimum atomic E-state index is -0.802. The number of hydrogen-bond donors (Lipinski definition) is 0. The third kappa shape index (κ3) is 4.38. The van der Waals surface area contributed by atoms with Crippen LogP contribution in [0.15, 0.2) is 63.8 Å². The number of carbonyl (C=O) groups is 1. The Morgan fingerprint density at radius 3 is 2.65 bits per heavy atom. The fourth-order valence-corrected chi connectivity index (χ4v) is 4.87. The van der Waals surface area contributed by atoms with E-state index < -0.39 is 12.0 Å². The van der Waals surface area contributed by atoms with Gasteiger partial charge in [-0.2, -0.15) is 0 Å². The molecule has 4 rings (SSSR count). The second-order valence-electron chi connectivity index (χ2n) is 7.93. The lowest BCUT2D eigenvalue weighted by atomic mass is 9.94. The highest BCUT2D eigenvalue weighted by atomic mass is 32.1. The summed E-state index contributed by atoms with van der Waals surface area (Å²) in [4.78, 5) is 36.1. The quantitative estimate of drug-likeness (QED) is 0.505. The van der Waals surface area contributed by atoms with Crippen LogP contribution in [-0.2, 0) is 9.53 Å². The molecule has 0 aliphatic carbocycles. The Bertz CT molecular complexity index is 1440. The molecular formula is C25H25N3O5S. The lowest BCUT2D eigenvalue weighted by molar-refractivity contribution is -0.143. The molecule has 2 aromatic heterocycles. The second kappa shape index (κ2) is 9.64. The standard InChI is InChI=1S/C25H25N3O5S/c1-14(2)33-24(30)21-15(3)27-25-28(22(21)18-12-17(31-4)8-9-19(18)32-5)23(29)20(34-25)11-16-7-6-10-26-13-16/h6-14,22H,1-5H3. The van der Waals surface area contributed by atoms with E-state index in [9.17, 15) is 9.59 Å². The zero-order valence-corrected chi connectivity index (χ0v) is 20.4. The van der Waals surface area contributed by atoms with Crippen molar-refractivity contribution in [3.63, 3.8) is 0 Å². The molecule has 3 heterocycles. The van der Waals surface area contributed by atoms with E-state index in [1.165, 1.54) is 15.9 Å². The minimum absolute atomic E-state index is 0.273. The zero-order valence-electron chi connectivity index (χ0n) is 19.6. The molecule has 0 saturated carbocycles. The summed E-state index contributed by atoms with van der Waals surface area (Å²) < 4.78 is 18.6. The number of hydrogen-bond acceptors (Lipinski definition) is 8. The molecule has 0 saturated heterocycles. The van der Waals surface area contributed by atoms with Crippen molar-refractivity contribution < 1.29 is 19.0 Å². The van der Waals surface area contributed by atoms with Gasteiger partial charge in [-0.3, -0.25) is 14.3 Å². The minimum Gasteiger partial charge on any atom is -0.497 e. The van der Waals surface area contributed by atoms with Crippen LogP contribution < -0.4 is 24.4 Å². The number of thiazole rings is 1. The number of aromatic nitrogens is 2. The Balaban J connectivity index is 2.02. The number of nitrogens with zero attached hydrogens (tertiary/aromatic N) is 3. The molecule has 0 amide bonds. The number of ether oxygens (including phenoxy) is 3. The molecule has 176 valence electrons. The van der Waals surface area contributed by atoms with Gasteiger partial charge in [0.2, 0.25) is 0 Å². The number of rotatable bonds is 6. The maximum Gasteiger partial charge on any atom is 0.338 e. The van der Waals surface area contributed by atoms with E-state index in [4.69, 9.17) is 14.2 Å². The monoisotopic (exact) mass is 479 g/mol. The molecule has 9 heteroatoms. The molecule has 1 aliphatic rings. The van der Waals surface area contributed by atoms with Gasteiger partial charge in [0, 0.05) is 18.0 Å². The average molecular weight is 480 g/mol. The Kier molecular flexibility index (Phi) is 6.65. The fraction of sp³-hybridized carbons (Fsp3) is 0.280. The van der Waals surface area contributed by atoms with E-state index in [0.29, 0.717) is 32.1 Å². The van der Waals surface area contributed by atoms with Crippen molar-refractivity contribution in [1.29, 1.82) is 0 Å². The number of allylic oxidation sites excluding steroid dienone is 1. The van der Waals surface area contributed by atoms with Crippen LogP contribution in [0.25, 0.3) is 6.08 Å². The van der Waals surface area contributed by atoms with Crippen LogP contribution in [0.4, 0.5) is 0 Å². The molecule has 0 fully saturated rings. The zero-order chi connectivity index (χ0) is 24.4.